The molecule has 5 rings (SSSR count). The van der Waals surface area contributed by atoms with E-state index in [9.17, 15) is 21.6 Å². The third-order valence-electron chi connectivity index (χ3n) is 6.43. The molecule has 2 saturated heterocycles. The minimum atomic E-state index is -6.04. The fourth-order valence-corrected chi connectivity index (χ4v) is 5.00. The maximum atomic E-state index is 13.3. The van der Waals surface area contributed by atoms with E-state index in [1.807, 2.05) is 48.5 Å². The highest BCUT2D eigenvalue weighted by Crippen LogP contribution is 2.39. The maximum absolute atomic E-state index is 13.3. The van der Waals surface area contributed by atoms with E-state index in [2.05, 4.69) is 4.18 Å². The molecule has 0 saturated carbocycles. The molecule has 2 aliphatic rings. The molecule has 214 valence electrons. The van der Waals surface area contributed by atoms with Crippen LogP contribution in [0.3, 0.4) is 0 Å². The highest BCUT2D eigenvalue weighted by atomic mass is 32.2. The van der Waals surface area contributed by atoms with Crippen molar-refractivity contribution in [2.75, 3.05) is 6.61 Å². The number of hydrogen-bond donors (Lipinski definition) is 0. The summed E-state index contributed by atoms with van der Waals surface area (Å²) in [7, 11) is -6.04. The lowest BCUT2D eigenvalue weighted by molar-refractivity contribution is -0.361. The van der Waals surface area contributed by atoms with Crippen LogP contribution in [0.15, 0.2) is 91.0 Å². The van der Waals surface area contributed by atoms with Crippen molar-refractivity contribution in [3.63, 3.8) is 0 Å². The Bertz CT molecular complexity index is 1330. The molecule has 0 spiro atoms. The predicted octanol–water partition coefficient (Wildman–Crippen LogP) is 4.86. The molecular formula is C28H27F3O8S. The van der Waals surface area contributed by atoms with Gasteiger partial charge in [0.25, 0.3) is 0 Å². The zero-order valence-electron chi connectivity index (χ0n) is 21.1. The molecule has 12 heteroatoms. The summed E-state index contributed by atoms with van der Waals surface area (Å²) in [6.45, 7) is -0.159. The molecule has 3 aromatic carbocycles. The van der Waals surface area contributed by atoms with Gasteiger partial charge < -0.3 is 23.7 Å². The van der Waals surface area contributed by atoms with Crippen LogP contribution in [0.4, 0.5) is 13.2 Å². The third kappa shape index (κ3) is 6.72. The van der Waals surface area contributed by atoms with Crippen molar-refractivity contribution in [1.82, 2.24) is 0 Å². The summed E-state index contributed by atoms with van der Waals surface area (Å²) in [6, 6.07) is 27.0. The Morgan fingerprint density at radius 3 is 1.82 bits per heavy atom. The third-order valence-corrected chi connectivity index (χ3v) is 7.44. The van der Waals surface area contributed by atoms with Gasteiger partial charge in [0.2, 0.25) is 6.29 Å². The van der Waals surface area contributed by atoms with Crippen molar-refractivity contribution in [2.24, 2.45) is 0 Å². The second-order valence-electron chi connectivity index (χ2n) is 9.24. The normalized spacial score (nSPS) is 27.2. The number of fused-ring (bicyclic) bond motifs is 1. The minimum Gasteiger partial charge on any atom is -0.368 e. The average Bonchev–Trinajstić information content (AvgIpc) is 2.95. The van der Waals surface area contributed by atoms with E-state index < -0.39 is 52.6 Å². The molecule has 8 nitrogen and oxygen atoms in total. The van der Waals surface area contributed by atoms with Gasteiger partial charge in [0.05, 0.1) is 19.8 Å². The second kappa shape index (κ2) is 12.4. The summed E-state index contributed by atoms with van der Waals surface area (Å²) >= 11 is 0. The molecule has 0 amide bonds. The van der Waals surface area contributed by atoms with Gasteiger partial charge in [0.15, 0.2) is 6.29 Å². The van der Waals surface area contributed by atoms with Crippen LogP contribution in [-0.4, -0.2) is 51.2 Å². The lowest BCUT2D eigenvalue weighted by Gasteiger charge is -2.48. The van der Waals surface area contributed by atoms with Crippen molar-refractivity contribution in [3.8, 4) is 0 Å². The van der Waals surface area contributed by atoms with E-state index in [0.29, 0.717) is 11.1 Å². The first-order chi connectivity index (χ1) is 19.2. The van der Waals surface area contributed by atoms with Gasteiger partial charge in [-0.3, -0.25) is 0 Å². The molecule has 0 bridgehead atoms. The summed E-state index contributed by atoms with van der Waals surface area (Å²) in [6.07, 6.45) is -7.22. The van der Waals surface area contributed by atoms with Crippen LogP contribution in [0.5, 0.6) is 0 Å². The first kappa shape index (κ1) is 28.7. The first-order valence-corrected chi connectivity index (χ1v) is 13.9. The molecule has 2 fully saturated rings. The van der Waals surface area contributed by atoms with Crippen LogP contribution < -0.4 is 0 Å². The molecule has 0 aliphatic carbocycles. The number of benzene rings is 3. The van der Waals surface area contributed by atoms with Crippen LogP contribution in [0.1, 0.15) is 23.0 Å². The summed E-state index contributed by atoms with van der Waals surface area (Å²) in [5, 5.41) is 0. The Morgan fingerprint density at radius 2 is 1.27 bits per heavy atom. The lowest BCUT2D eigenvalue weighted by Crippen LogP contribution is -2.64. The largest absolute Gasteiger partial charge is 0.523 e. The number of rotatable bonds is 9. The van der Waals surface area contributed by atoms with Crippen molar-refractivity contribution >= 4 is 10.1 Å². The summed E-state index contributed by atoms with van der Waals surface area (Å²) < 4.78 is 98.6. The number of halogens is 3. The molecule has 4 unspecified atom stereocenters. The molecule has 0 radical (unpaired) electrons. The van der Waals surface area contributed by atoms with E-state index in [0.717, 1.165) is 5.56 Å². The molecule has 0 aromatic heterocycles. The second-order valence-corrected chi connectivity index (χ2v) is 10.8. The topological polar surface area (TPSA) is 89.5 Å². The zero-order chi connectivity index (χ0) is 28.2. The van der Waals surface area contributed by atoms with Crippen LogP contribution in [-0.2, 0) is 51.2 Å². The number of ether oxygens (including phenoxy) is 5. The van der Waals surface area contributed by atoms with Crippen LogP contribution in [0, 0.1) is 0 Å². The molecule has 6 atom stereocenters. The monoisotopic (exact) mass is 580 g/mol. The van der Waals surface area contributed by atoms with Crippen LogP contribution >= 0.6 is 0 Å². The molecule has 40 heavy (non-hydrogen) atoms. The van der Waals surface area contributed by atoms with E-state index in [4.69, 9.17) is 23.7 Å². The van der Waals surface area contributed by atoms with Gasteiger partial charge in [-0.2, -0.15) is 21.6 Å². The quantitative estimate of drug-likeness (QED) is 0.262. The van der Waals surface area contributed by atoms with Crippen LogP contribution in [0.25, 0.3) is 0 Å². The molecule has 2 heterocycles. The number of alkyl halides is 3. The Hall–Kier alpha value is -2.84. The fraction of sp³-hybridized carbons (Fsp3) is 0.357. The Balaban J connectivity index is 1.47. The Labute approximate surface area is 229 Å². The van der Waals surface area contributed by atoms with Crippen molar-refractivity contribution in [2.45, 2.75) is 55.7 Å². The zero-order valence-corrected chi connectivity index (χ0v) is 21.9. The minimum absolute atomic E-state index is 0.0406. The van der Waals surface area contributed by atoms with Gasteiger partial charge >= 0.3 is 15.6 Å². The van der Waals surface area contributed by atoms with E-state index in [1.165, 1.54) is 0 Å². The number of hydrogen-bond acceptors (Lipinski definition) is 8. The standard InChI is InChI=1S/C28H27F3O8S/c29-28(30,31)40(32,33)39-27-25(35-17-20-12-6-2-7-13-20)24(34-16-19-10-4-1-5-11-19)23-22(37-27)18-36-26(38-23)21-14-8-3-9-15-21/h1-15,22-27H,16-18H2/t22?,23-,24?,25?,26?,27-/m1/s1. The van der Waals surface area contributed by atoms with Crippen molar-refractivity contribution in [1.29, 1.82) is 0 Å². The highest BCUT2D eigenvalue weighted by Gasteiger charge is 2.56. The Morgan fingerprint density at radius 1 is 0.750 bits per heavy atom. The maximum Gasteiger partial charge on any atom is 0.523 e. The highest BCUT2D eigenvalue weighted by molar-refractivity contribution is 7.87. The van der Waals surface area contributed by atoms with E-state index >= 15 is 0 Å². The summed E-state index contributed by atoms with van der Waals surface area (Å²) in [4.78, 5) is 0. The smallest absolute Gasteiger partial charge is 0.368 e. The lowest BCUT2D eigenvalue weighted by atomic mass is 9.97. The van der Waals surface area contributed by atoms with Gasteiger partial charge in [0.1, 0.15) is 24.4 Å². The predicted molar refractivity (Wildman–Crippen MR) is 135 cm³/mol. The molecule has 2 aliphatic heterocycles. The molecular weight excluding hydrogens is 553 g/mol. The van der Waals surface area contributed by atoms with Gasteiger partial charge in [-0.05, 0) is 11.1 Å². The van der Waals surface area contributed by atoms with Gasteiger partial charge in [-0.15, -0.1) is 0 Å². The summed E-state index contributed by atoms with van der Waals surface area (Å²) in [5.41, 5.74) is -3.49. The van der Waals surface area contributed by atoms with Gasteiger partial charge in [-0.1, -0.05) is 91.0 Å². The molecule has 3 aromatic rings. The summed E-state index contributed by atoms with van der Waals surface area (Å²) in [5.74, 6) is 0. The fourth-order valence-electron chi connectivity index (χ4n) is 4.48. The van der Waals surface area contributed by atoms with Gasteiger partial charge in [0, 0.05) is 5.56 Å². The van der Waals surface area contributed by atoms with Crippen molar-refractivity contribution in [3.05, 3.63) is 108 Å². The van der Waals surface area contributed by atoms with Gasteiger partial charge in [-0.25, -0.2) is 4.18 Å². The van der Waals surface area contributed by atoms with E-state index in [-0.39, 0.29) is 19.8 Å². The van der Waals surface area contributed by atoms with E-state index in [1.54, 1.807) is 42.5 Å². The Kier molecular flexibility index (Phi) is 8.86. The first-order valence-electron chi connectivity index (χ1n) is 12.5. The average molecular weight is 581 g/mol. The van der Waals surface area contributed by atoms with Crippen LogP contribution in [0.2, 0.25) is 0 Å². The SMILES string of the molecule is O=S(=O)(O[C@H]1OC2COC(c3ccccc3)O[C@H]2C(OCc2ccccc2)C1OCc1ccccc1)C(F)(F)F. The molecule has 0 N–H and O–H groups in total. The van der Waals surface area contributed by atoms with Crippen molar-refractivity contribution < 1.29 is 49.5 Å².